The quantitative estimate of drug-likeness (QED) is 0.296. The number of amides is 1. The first-order valence-corrected chi connectivity index (χ1v) is 9.34. The molecule has 0 heterocycles. The van der Waals surface area contributed by atoms with Gasteiger partial charge < -0.3 is 10.1 Å². The Bertz CT molecular complexity index is 814. The Labute approximate surface area is 165 Å². The first kappa shape index (κ1) is 20.7. The topological polar surface area (TPSA) is 98.5 Å². The molecule has 0 aliphatic carbocycles. The van der Waals surface area contributed by atoms with E-state index in [2.05, 4.69) is 5.32 Å². The van der Waals surface area contributed by atoms with Crippen molar-refractivity contribution in [3.63, 3.8) is 0 Å². The van der Waals surface area contributed by atoms with E-state index in [-0.39, 0.29) is 24.0 Å². The molecule has 0 unspecified atom stereocenters. The van der Waals surface area contributed by atoms with Crippen LogP contribution in [0.3, 0.4) is 0 Å². The maximum Gasteiger partial charge on any atom is 0.316 e. The predicted molar refractivity (Wildman–Crippen MR) is 103 cm³/mol. The SMILES string of the molecule is O=C(COC(=O)CSc1ccc([N+](=O)[O-])cc1)NCCc1cccc(Cl)c1. The van der Waals surface area contributed by atoms with Gasteiger partial charge in [-0.15, -0.1) is 11.8 Å². The number of hydrogen-bond donors (Lipinski definition) is 1. The van der Waals surface area contributed by atoms with Crippen LogP contribution in [0.5, 0.6) is 0 Å². The molecule has 142 valence electrons. The third kappa shape index (κ3) is 7.67. The second-order valence-electron chi connectivity index (χ2n) is 5.43. The lowest BCUT2D eigenvalue weighted by Gasteiger charge is -2.07. The maximum absolute atomic E-state index is 11.7. The van der Waals surface area contributed by atoms with E-state index < -0.39 is 10.9 Å². The molecule has 0 fully saturated rings. The molecule has 7 nitrogen and oxygen atoms in total. The van der Waals surface area contributed by atoms with Crippen molar-refractivity contribution >= 4 is 40.9 Å². The average molecular weight is 409 g/mol. The molecule has 0 spiro atoms. The van der Waals surface area contributed by atoms with E-state index in [0.29, 0.717) is 22.9 Å². The molecule has 0 saturated heterocycles. The van der Waals surface area contributed by atoms with Gasteiger partial charge in [-0.3, -0.25) is 19.7 Å². The summed E-state index contributed by atoms with van der Waals surface area (Å²) in [6, 6.07) is 13.2. The van der Waals surface area contributed by atoms with Crippen LogP contribution in [0.4, 0.5) is 5.69 Å². The smallest absolute Gasteiger partial charge is 0.316 e. The number of non-ortho nitro benzene ring substituents is 1. The molecule has 27 heavy (non-hydrogen) atoms. The average Bonchev–Trinajstić information content (AvgIpc) is 2.65. The van der Waals surface area contributed by atoms with Crippen LogP contribution in [-0.4, -0.2) is 35.7 Å². The highest BCUT2D eigenvalue weighted by molar-refractivity contribution is 8.00. The molecule has 2 aromatic carbocycles. The standard InChI is InChI=1S/C18H17ClN2O5S/c19-14-3-1-2-13(10-14)8-9-20-17(22)11-26-18(23)12-27-16-6-4-15(5-7-16)21(24)25/h1-7,10H,8-9,11-12H2,(H,20,22). The van der Waals surface area contributed by atoms with Crippen molar-refractivity contribution < 1.29 is 19.2 Å². The molecule has 0 aliphatic heterocycles. The number of carbonyl (C=O) groups excluding carboxylic acids is 2. The van der Waals surface area contributed by atoms with Crippen LogP contribution in [0, 0.1) is 10.1 Å². The Morgan fingerprint density at radius 2 is 1.93 bits per heavy atom. The molecule has 0 radical (unpaired) electrons. The summed E-state index contributed by atoms with van der Waals surface area (Å²) in [4.78, 5) is 34.2. The Hall–Kier alpha value is -2.58. The van der Waals surface area contributed by atoms with E-state index in [0.717, 1.165) is 5.56 Å². The van der Waals surface area contributed by atoms with E-state index in [1.807, 2.05) is 18.2 Å². The number of esters is 1. The molecular weight excluding hydrogens is 392 g/mol. The van der Waals surface area contributed by atoms with Gasteiger partial charge in [0.2, 0.25) is 0 Å². The van der Waals surface area contributed by atoms with Gasteiger partial charge in [0.05, 0.1) is 10.7 Å². The maximum atomic E-state index is 11.7. The highest BCUT2D eigenvalue weighted by atomic mass is 35.5. The lowest BCUT2D eigenvalue weighted by Crippen LogP contribution is -2.30. The second kappa shape index (κ2) is 10.5. The lowest BCUT2D eigenvalue weighted by molar-refractivity contribution is -0.384. The van der Waals surface area contributed by atoms with Gasteiger partial charge >= 0.3 is 5.97 Å². The molecule has 2 aromatic rings. The summed E-state index contributed by atoms with van der Waals surface area (Å²) in [7, 11) is 0. The Morgan fingerprint density at radius 1 is 1.19 bits per heavy atom. The zero-order valence-corrected chi connectivity index (χ0v) is 15.8. The van der Waals surface area contributed by atoms with Crippen molar-refractivity contribution in [2.24, 2.45) is 0 Å². The van der Waals surface area contributed by atoms with Crippen LogP contribution in [-0.2, 0) is 20.7 Å². The van der Waals surface area contributed by atoms with Gasteiger partial charge in [0.15, 0.2) is 6.61 Å². The van der Waals surface area contributed by atoms with Gasteiger partial charge in [0.1, 0.15) is 0 Å². The van der Waals surface area contributed by atoms with Gasteiger partial charge in [-0.25, -0.2) is 0 Å². The summed E-state index contributed by atoms with van der Waals surface area (Å²) in [5, 5.41) is 13.9. The summed E-state index contributed by atoms with van der Waals surface area (Å²) in [6.45, 7) is 0.0590. The van der Waals surface area contributed by atoms with Crippen LogP contribution >= 0.6 is 23.4 Å². The fourth-order valence-corrected chi connectivity index (χ4v) is 2.99. The minimum Gasteiger partial charge on any atom is -0.455 e. The minimum absolute atomic E-state index is 0.00755. The zero-order valence-electron chi connectivity index (χ0n) is 14.2. The van der Waals surface area contributed by atoms with Crippen molar-refractivity contribution in [1.82, 2.24) is 5.32 Å². The lowest BCUT2D eigenvalue weighted by atomic mass is 10.1. The van der Waals surface area contributed by atoms with Crippen LogP contribution < -0.4 is 5.32 Å². The summed E-state index contributed by atoms with van der Waals surface area (Å²) in [6.07, 6.45) is 0.621. The molecule has 9 heteroatoms. The minimum atomic E-state index is -0.539. The monoisotopic (exact) mass is 408 g/mol. The summed E-state index contributed by atoms with van der Waals surface area (Å²) >= 11 is 7.07. The molecular formula is C18H17ClN2O5S. The Morgan fingerprint density at radius 3 is 2.59 bits per heavy atom. The zero-order chi connectivity index (χ0) is 19.6. The molecule has 0 aliphatic rings. The third-order valence-corrected chi connectivity index (χ3v) is 4.61. The number of nitrogens with zero attached hydrogens (tertiary/aromatic N) is 1. The first-order chi connectivity index (χ1) is 12.9. The molecule has 0 bridgehead atoms. The fraction of sp³-hybridized carbons (Fsp3) is 0.222. The number of halogens is 1. The summed E-state index contributed by atoms with van der Waals surface area (Å²) in [5.74, 6) is -0.915. The second-order valence-corrected chi connectivity index (χ2v) is 6.92. The molecule has 0 aromatic heterocycles. The van der Waals surface area contributed by atoms with Crippen LogP contribution in [0.2, 0.25) is 5.02 Å². The number of benzene rings is 2. The number of thioether (sulfide) groups is 1. The van der Waals surface area contributed by atoms with Crippen LogP contribution in [0.1, 0.15) is 5.56 Å². The van der Waals surface area contributed by atoms with Crippen LogP contribution in [0.25, 0.3) is 0 Å². The fourth-order valence-electron chi connectivity index (χ4n) is 2.08. The van der Waals surface area contributed by atoms with E-state index in [4.69, 9.17) is 16.3 Å². The van der Waals surface area contributed by atoms with E-state index in [9.17, 15) is 19.7 Å². The van der Waals surface area contributed by atoms with E-state index >= 15 is 0 Å². The highest BCUT2D eigenvalue weighted by Crippen LogP contribution is 2.21. The van der Waals surface area contributed by atoms with Crippen molar-refractivity contribution in [3.05, 3.63) is 69.2 Å². The Balaban J connectivity index is 1.63. The van der Waals surface area contributed by atoms with Crippen molar-refractivity contribution in [1.29, 1.82) is 0 Å². The van der Waals surface area contributed by atoms with Gasteiger partial charge in [-0.1, -0.05) is 23.7 Å². The molecule has 1 N–H and O–H groups in total. The van der Waals surface area contributed by atoms with Crippen molar-refractivity contribution in [2.75, 3.05) is 18.9 Å². The van der Waals surface area contributed by atoms with Gasteiger partial charge in [0, 0.05) is 28.6 Å². The first-order valence-electron chi connectivity index (χ1n) is 7.98. The van der Waals surface area contributed by atoms with Gasteiger partial charge in [0.25, 0.3) is 11.6 Å². The number of nitro benzene ring substituents is 1. The third-order valence-electron chi connectivity index (χ3n) is 3.39. The number of carbonyl (C=O) groups is 2. The largest absolute Gasteiger partial charge is 0.455 e. The Kier molecular flexibility index (Phi) is 8.09. The number of ether oxygens (including phenoxy) is 1. The number of rotatable bonds is 9. The number of hydrogen-bond acceptors (Lipinski definition) is 6. The molecule has 1 amide bonds. The van der Waals surface area contributed by atoms with Gasteiger partial charge in [-0.05, 0) is 36.2 Å². The normalized spacial score (nSPS) is 10.3. The van der Waals surface area contributed by atoms with Crippen molar-refractivity contribution in [3.8, 4) is 0 Å². The highest BCUT2D eigenvalue weighted by Gasteiger charge is 2.09. The predicted octanol–water partition coefficient (Wildman–Crippen LogP) is 3.24. The van der Waals surface area contributed by atoms with Gasteiger partial charge in [-0.2, -0.15) is 0 Å². The number of nitrogens with one attached hydrogen (secondary N) is 1. The van der Waals surface area contributed by atoms with E-state index in [1.54, 1.807) is 18.2 Å². The summed E-state index contributed by atoms with van der Waals surface area (Å²) < 4.78 is 4.91. The molecule has 0 atom stereocenters. The summed E-state index contributed by atoms with van der Waals surface area (Å²) in [5.41, 5.74) is 0.982. The van der Waals surface area contributed by atoms with Crippen molar-refractivity contribution in [2.45, 2.75) is 11.3 Å². The molecule has 0 saturated carbocycles. The molecule has 2 rings (SSSR count). The number of nitro groups is 1. The van der Waals surface area contributed by atoms with E-state index in [1.165, 1.54) is 23.9 Å². The van der Waals surface area contributed by atoms with Crippen LogP contribution in [0.15, 0.2) is 53.4 Å².